The van der Waals surface area contributed by atoms with Crippen molar-refractivity contribution >= 4 is 0 Å². The van der Waals surface area contributed by atoms with Gasteiger partial charge in [0.2, 0.25) is 0 Å². The Morgan fingerprint density at radius 1 is 1.00 bits per heavy atom. The normalized spacial score (nSPS) is 16.8. The Labute approximate surface area is 127 Å². The molecule has 3 heteroatoms. The van der Waals surface area contributed by atoms with Gasteiger partial charge in [0, 0.05) is 31.5 Å². The van der Waals surface area contributed by atoms with E-state index in [9.17, 15) is 0 Å². The Kier molecular flexibility index (Phi) is 5.06. The third-order valence-corrected chi connectivity index (χ3v) is 4.40. The van der Waals surface area contributed by atoms with Gasteiger partial charge in [-0.05, 0) is 24.0 Å². The van der Waals surface area contributed by atoms with Gasteiger partial charge in [-0.1, -0.05) is 49.9 Å². The van der Waals surface area contributed by atoms with Crippen molar-refractivity contribution in [1.29, 1.82) is 0 Å². The summed E-state index contributed by atoms with van der Waals surface area (Å²) < 4.78 is 2.10. The highest BCUT2D eigenvalue weighted by atomic mass is 15.0. The van der Waals surface area contributed by atoms with Crippen LogP contribution >= 0.6 is 0 Å². The molecule has 1 aromatic heterocycles. The lowest BCUT2D eigenvalue weighted by molar-refractivity contribution is 0.459. The van der Waals surface area contributed by atoms with E-state index in [1.807, 2.05) is 18.7 Å². The molecule has 3 nitrogen and oxygen atoms in total. The summed E-state index contributed by atoms with van der Waals surface area (Å²) in [7, 11) is 0. The van der Waals surface area contributed by atoms with E-state index in [0.29, 0.717) is 0 Å². The monoisotopic (exact) mass is 283 g/mol. The molecule has 0 amide bonds. The van der Waals surface area contributed by atoms with E-state index in [0.717, 1.165) is 19.1 Å². The van der Waals surface area contributed by atoms with Gasteiger partial charge in [-0.25, -0.2) is 4.98 Å². The zero-order valence-electron chi connectivity index (χ0n) is 12.7. The van der Waals surface area contributed by atoms with Gasteiger partial charge in [0.1, 0.15) is 0 Å². The van der Waals surface area contributed by atoms with Crippen LogP contribution in [-0.4, -0.2) is 15.6 Å². The standard InChI is InChI=1S/C18H25N3/c1-2-4-6-18(5-3-1)20-13-16-7-9-17(10-8-16)14-21-12-11-19-15-21/h7-12,15,18,20H,1-6,13-14H2. The number of imidazole rings is 1. The Morgan fingerprint density at radius 2 is 1.71 bits per heavy atom. The van der Waals surface area contributed by atoms with Gasteiger partial charge >= 0.3 is 0 Å². The number of hydrogen-bond acceptors (Lipinski definition) is 2. The summed E-state index contributed by atoms with van der Waals surface area (Å²) in [6.07, 6.45) is 14.0. The van der Waals surface area contributed by atoms with Crippen molar-refractivity contribution in [2.75, 3.05) is 0 Å². The van der Waals surface area contributed by atoms with E-state index < -0.39 is 0 Å². The molecule has 0 unspecified atom stereocenters. The maximum Gasteiger partial charge on any atom is 0.0949 e. The molecule has 0 atom stereocenters. The van der Waals surface area contributed by atoms with Gasteiger partial charge in [-0.2, -0.15) is 0 Å². The lowest BCUT2D eigenvalue weighted by Gasteiger charge is -2.16. The minimum atomic E-state index is 0.720. The van der Waals surface area contributed by atoms with Crippen molar-refractivity contribution in [2.24, 2.45) is 0 Å². The van der Waals surface area contributed by atoms with Gasteiger partial charge in [0.25, 0.3) is 0 Å². The third-order valence-electron chi connectivity index (χ3n) is 4.40. The summed E-state index contributed by atoms with van der Waals surface area (Å²) in [5.74, 6) is 0. The first-order valence-corrected chi connectivity index (χ1v) is 8.17. The molecule has 3 rings (SSSR count). The molecule has 1 N–H and O–H groups in total. The SMILES string of the molecule is c1cn(Cc2ccc(CNC3CCCCCC3)cc2)cn1. The van der Waals surface area contributed by atoms with Gasteiger partial charge < -0.3 is 9.88 Å². The van der Waals surface area contributed by atoms with E-state index in [1.54, 1.807) is 0 Å². The molecule has 2 aromatic rings. The number of aromatic nitrogens is 2. The van der Waals surface area contributed by atoms with Crippen molar-refractivity contribution in [1.82, 2.24) is 14.9 Å². The van der Waals surface area contributed by atoms with Crippen LogP contribution in [0.5, 0.6) is 0 Å². The van der Waals surface area contributed by atoms with Crippen LogP contribution in [0, 0.1) is 0 Å². The highest BCUT2D eigenvalue weighted by Crippen LogP contribution is 2.17. The van der Waals surface area contributed by atoms with Crippen molar-refractivity contribution in [3.63, 3.8) is 0 Å². The molecule has 0 radical (unpaired) electrons. The molecular weight excluding hydrogens is 258 g/mol. The van der Waals surface area contributed by atoms with Gasteiger partial charge in [0.15, 0.2) is 0 Å². The second kappa shape index (κ2) is 7.41. The minimum absolute atomic E-state index is 0.720. The van der Waals surface area contributed by atoms with Crippen LogP contribution in [0.2, 0.25) is 0 Å². The number of nitrogens with one attached hydrogen (secondary N) is 1. The summed E-state index contributed by atoms with van der Waals surface area (Å²) in [6.45, 7) is 1.90. The average Bonchev–Trinajstić information content (AvgIpc) is 2.88. The van der Waals surface area contributed by atoms with E-state index in [-0.39, 0.29) is 0 Å². The maximum absolute atomic E-state index is 4.08. The topological polar surface area (TPSA) is 29.9 Å². The molecule has 21 heavy (non-hydrogen) atoms. The lowest BCUT2D eigenvalue weighted by Crippen LogP contribution is -2.27. The second-order valence-electron chi connectivity index (χ2n) is 6.12. The van der Waals surface area contributed by atoms with E-state index >= 15 is 0 Å². The van der Waals surface area contributed by atoms with Crippen LogP contribution in [0.4, 0.5) is 0 Å². The molecule has 112 valence electrons. The fraction of sp³-hybridized carbons (Fsp3) is 0.500. The van der Waals surface area contributed by atoms with Gasteiger partial charge in [-0.15, -0.1) is 0 Å². The largest absolute Gasteiger partial charge is 0.333 e. The van der Waals surface area contributed by atoms with Crippen molar-refractivity contribution in [3.8, 4) is 0 Å². The first-order chi connectivity index (χ1) is 10.4. The maximum atomic E-state index is 4.08. The van der Waals surface area contributed by atoms with Gasteiger partial charge in [-0.3, -0.25) is 0 Å². The minimum Gasteiger partial charge on any atom is -0.333 e. The zero-order chi connectivity index (χ0) is 14.3. The molecule has 1 aliphatic carbocycles. The van der Waals surface area contributed by atoms with E-state index in [2.05, 4.69) is 39.1 Å². The molecule has 0 bridgehead atoms. The van der Waals surface area contributed by atoms with Gasteiger partial charge in [0.05, 0.1) is 6.33 Å². The number of rotatable bonds is 5. The van der Waals surface area contributed by atoms with Crippen LogP contribution in [0.3, 0.4) is 0 Å². The predicted molar refractivity (Wildman–Crippen MR) is 86.1 cm³/mol. The third kappa shape index (κ3) is 4.43. The smallest absolute Gasteiger partial charge is 0.0949 e. The molecule has 0 aliphatic heterocycles. The summed E-state index contributed by atoms with van der Waals surface area (Å²) in [5.41, 5.74) is 2.71. The summed E-state index contributed by atoms with van der Waals surface area (Å²) in [6, 6.07) is 9.67. The fourth-order valence-electron chi connectivity index (χ4n) is 3.10. The Bertz CT molecular complexity index is 508. The quantitative estimate of drug-likeness (QED) is 0.847. The first kappa shape index (κ1) is 14.3. The fourth-order valence-corrected chi connectivity index (χ4v) is 3.10. The van der Waals surface area contributed by atoms with E-state index in [1.165, 1.54) is 49.7 Å². The molecule has 1 aromatic carbocycles. The van der Waals surface area contributed by atoms with Crippen LogP contribution in [-0.2, 0) is 13.1 Å². The number of hydrogen-bond donors (Lipinski definition) is 1. The van der Waals surface area contributed by atoms with Crippen molar-refractivity contribution < 1.29 is 0 Å². The van der Waals surface area contributed by atoms with Crippen molar-refractivity contribution in [3.05, 3.63) is 54.1 Å². The highest BCUT2D eigenvalue weighted by molar-refractivity contribution is 5.22. The number of benzene rings is 1. The summed E-state index contributed by atoms with van der Waals surface area (Å²) in [4.78, 5) is 4.08. The summed E-state index contributed by atoms with van der Waals surface area (Å²) >= 11 is 0. The van der Waals surface area contributed by atoms with Crippen LogP contribution < -0.4 is 5.32 Å². The first-order valence-electron chi connectivity index (χ1n) is 8.17. The molecule has 1 heterocycles. The van der Waals surface area contributed by atoms with E-state index in [4.69, 9.17) is 0 Å². The molecule has 0 spiro atoms. The average molecular weight is 283 g/mol. The van der Waals surface area contributed by atoms with Crippen LogP contribution in [0.15, 0.2) is 43.0 Å². The highest BCUT2D eigenvalue weighted by Gasteiger charge is 2.11. The van der Waals surface area contributed by atoms with Crippen LogP contribution in [0.1, 0.15) is 49.7 Å². The Hall–Kier alpha value is -1.61. The van der Waals surface area contributed by atoms with Crippen LogP contribution in [0.25, 0.3) is 0 Å². The molecule has 1 saturated carbocycles. The molecule has 1 aliphatic rings. The second-order valence-corrected chi connectivity index (χ2v) is 6.12. The molecule has 1 fully saturated rings. The zero-order valence-corrected chi connectivity index (χ0v) is 12.7. The number of nitrogens with zero attached hydrogens (tertiary/aromatic N) is 2. The lowest BCUT2D eigenvalue weighted by atomic mass is 10.1. The molecular formula is C18H25N3. The Balaban J connectivity index is 1.49. The summed E-state index contributed by atoms with van der Waals surface area (Å²) in [5, 5.41) is 3.73. The molecule has 0 saturated heterocycles. The Morgan fingerprint density at radius 3 is 2.38 bits per heavy atom. The van der Waals surface area contributed by atoms with Crippen molar-refractivity contribution in [2.45, 2.75) is 57.7 Å². The predicted octanol–water partition coefficient (Wildman–Crippen LogP) is 3.74.